The minimum Gasteiger partial charge on any atom is -0.405 e. The van der Waals surface area contributed by atoms with Crippen LogP contribution in [-0.4, -0.2) is 33.5 Å². The van der Waals surface area contributed by atoms with Gasteiger partial charge in [0, 0.05) is 18.2 Å². The number of alkyl halides is 3. The summed E-state index contributed by atoms with van der Waals surface area (Å²) in [5.74, 6) is -1.34. The van der Waals surface area contributed by atoms with E-state index in [0.29, 0.717) is 4.57 Å². The SMILES string of the molecule is O=C(NCc1ccccc1OC(F)(F)F)c1cc(=O)n(CCO)c(=O)[nH]1. The normalized spacial score (nSPS) is 11.2. The van der Waals surface area contributed by atoms with Crippen molar-refractivity contribution in [2.24, 2.45) is 0 Å². The fourth-order valence-electron chi connectivity index (χ4n) is 2.10. The number of carbonyl (C=O) groups is 1. The Morgan fingerprint density at radius 1 is 1.27 bits per heavy atom. The van der Waals surface area contributed by atoms with Crippen LogP contribution >= 0.6 is 0 Å². The number of aromatic amines is 1. The van der Waals surface area contributed by atoms with Gasteiger partial charge in [-0.25, -0.2) is 4.79 Å². The Hall–Kier alpha value is -3.08. The zero-order valence-corrected chi connectivity index (χ0v) is 13.2. The van der Waals surface area contributed by atoms with E-state index in [9.17, 15) is 27.6 Å². The van der Waals surface area contributed by atoms with Gasteiger partial charge >= 0.3 is 12.1 Å². The molecule has 0 unspecified atom stereocenters. The van der Waals surface area contributed by atoms with Gasteiger partial charge in [-0.05, 0) is 6.07 Å². The number of rotatable bonds is 6. The highest BCUT2D eigenvalue weighted by Crippen LogP contribution is 2.26. The smallest absolute Gasteiger partial charge is 0.405 e. The Kier molecular flexibility index (Phi) is 5.82. The van der Waals surface area contributed by atoms with E-state index in [2.05, 4.69) is 15.0 Å². The second kappa shape index (κ2) is 7.87. The predicted molar refractivity (Wildman–Crippen MR) is 82.7 cm³/mol. The monoisotopic (exact) mass is 373 g/mol. The van der Waals surface area contributed by atoms with E-state index in [1.165, 1.54) is 18.2 Å². The summed E-state index contributed by atoms with van der Waals surface area (Å²) in [6, 6.07) is 6.06. The van der Waals surface area contributed by atoms with Crippen molar-refractivity contribution in [1.82, 2.24) is 14.9 Å². The summed E-state index contributed by atoms with van der Waals surface area (Å²) in [4.78, 5) is 37.7. The molecule has 0 spiro atoms. The first-order valence-electron chi connectivity index (χ1n) is 7.28. The molecule has 1 aromatic carbocycles. The van der Waals surface area contributed by atoms with E-state index in [-0.39, 0.29) is 24.3 Å². The van der Waals surface area contributed by atoms with Gasteiger partial charge < -0.3 is 20.1 Å². The number of H-pyrrole nitrogens is 1. The molecular formula is C15H14F3N3O5. The fourth-order valence-corrected chi connectivity index (χ4v) is 2.10. The van der Waals surface area contributed by atoms with Gasteiger partial charge in [-0.3, -0.25) is 14.2 Å². The summed E-state index contributed by atoms with van der Waals surface area (Å²) >= 11 is 0. The Labute approximate surface area is 143 Å². The molecule has 26 heavy (non-hydrogen) atoms. The number of nitrogens with one attached hydrogen (secondary N) is 2. The zero-order chi connectivity index (χ0) is 19.3. The number of hydrogen-bond acceptors (Lipinski definition) is 5. The average Bonchev–Trinajstić information content (AvgIpc) is 2.55. The third kappa shape index (κ3) is 4.96. The predicted octanol–water partition coefficient (Wildman–Crippen LogP) is 0.358. The van der Waals surface area contributed by atoms with Gasteiger partial charge in [0.25, 0.3) is 11.5 Å². The van der Waals surface area contributed by atoms with E-state index in [1.54, 1.807) is 0 Å². The van der Waals surface area contributed by atoms with Crippen LogP contribution in [0, 0.1) is 0 Å². The number of aliphatic hydroxyl groups is 1. The number of aromatic nitrogens is 2. The number of para-hydroxylation sites is 1. The van der Waals surface area contributed by atoms with Crippen LogP contribution in [0.15, 0.2) is 39.9 Å². The first kappa shape index (κ1) is 19.2. The minimum atomic E-state index is -4.89. The number of aliphatic hydroxyl groups excluding tert-OH is 1. The molecule has 0 saturated heterocycles. The number of ether oxygens (including phenoxy) is 1. The molecule has 2 aromatic rings. The van der Waals surface area contributed by atoms with E-state index >= 15 is 0 Å². The molecule has 0 fully saturated rings. The van der Waals surface area contributed by atoms with Crippen LogP contribution in [0.3, 0.4) is 0 Å². The zero-order valence-electron chi connectivity index (χ0n) is 13.2. The van der Waals surface area contributed by atoms with Crippen LogP contribution in [0.5, 0.6) is 5.75 Å². The van der Waals surface area contributed by atoms with Crippen molar-refractivity contribution < 1.29 is 27.8 Å². The quantitative estimate of drug-likeness (QED) is 0.677. The molecule has 1 heterocycles. The van der Waals surface area contributed by atoms with Crippen molar-refractivity contribution in [3.8, 4) is 5.75 Å². The minimum absolute atomic E-state index is 0.0501. The van der Waals surface area contributed by atoms with Crippen molar-refractivity contribution in [3.63, 3.8) is 0 Å². The van der Waals surface area contributed by atoms with Gasteiger partial charge in [-0.15, -0.1) is 13.2 Å². The number of nitrogens with zero attached hydrogens (tertiary/aromatic N) is 1. The standard InChI is InChI=1S/C15H14F3N3O5/c16-15(17,18)26-11-4-2-1-3-9(11)8-19-13(24)10-7-12(23)21(5-6-22)14(25)20-10/h1-4,7,22H,5-6,8H2,(H,19,24)(H,20,25). The molecule has 0 atom stereocenters. The lowest BCUT2D eigenvalue weighted by atomic mass is 10.2. The summed E-state index contributed by atoms with van der Waals surface area (Å²) in [7, 11) is 0. The Balaban J connectivity index is 2.15. The van der Waals surface area contributed by atoms with E-state index in [1.807, 2.05) is 0 Å². The van der Waals surface area contributed by atoms with Crippen LogP contribution < -0.4 is 21.3 Å². The molecule has 2 rings (SSSR count). The first-order valence-corrected chi connectivity index (χ1v) is 7.28. The maximum absolute atomic E-state index is 12.4. The molecule has 0 aliphatic rings. The maximum Gasteiger partial charge on any atom is 0.573 e. The molecule has 0 bridgehead atoms. The van der Waals surface area contributed by atoms with Crippen molar-refractivity contribution >= 4 is 5.91 Å². The number of carbonyl (C=O) groups excluding carboxylic acids is 1. The summed E-state index contributed by atoms with van der Waals surface area (Å²) in [5.41, 5.74) is -2.00. The molecule has 1 aromatic heterocycles. The van der Waals surface area contributed by atoms with Gasteiger partial charge in [0.2, 0.25) is 0 Å². The second-order valence-electron chi connectivity index (χ2n) is 5.04. The average molecular weight is 373 g/mol. The number of halogens is 3. The van der Waals surface area contributed by atoms with E-state index < -0.39 is 35.9 Å². The first-order chi connectivity index (χ1) is 12.2. The molecule has 0 radical (unpaired) electrons. The number of hydrogen-bond donors (Lipinski definition) is 3. The van der Waals surface area contributed by atoms with Gasteiger partial charge in [0.15, 0.2) is 0 Å². The molecule has 140 valence electrons. The molecule has 0 saturated carbocycles. The van der Waals surface area contributed by atoms with E-state index in [0.717, 1.165) is 12.1 Å². The number of amides is 1. The van der Waals surface area contributed by atoms with Crippen LogP contribution in [0.25, 0.3) is 0 Å². The lowest BCUT2D eigenvalue weighted by molar-refractivity contribution is -0.274. The Bertz CT molecular complexity index is 873. The van der Waals surface area contributed by atoms with Crippen LogP contribution in [0.2, 0.25) is 0 Å². The van der Waals surface area contributed by atoms with Crippen LogP contribution in [0.4, 0.5) is 13.2 Å². The van der Waals surface area contributed by atoms with E-state index in [4.69, 9.17) is 5.11 Å². The van der Waals surface area contributed by atoms with Crippen molar-refractivity contribution in [3.05, 3.63) is 62.4 Å². The fraction of sp³-hybridized carbons (Fsp3) is 0.267. The molecule has 11 heteroatoms. The highest BCUT2D eigenvalue weighted by Gasteiger charge is 2.32. The van der Waals surface area contributed by atoms with Gasteiger partial charge in [-0.1, -0.05) is 18.2 Å². The van der Waals surface area contributed by atoms with Crippen molar-refractivity contribution in [1.29, 1.82) is 0 Å². The molecule has 0 aliphatic carbocycles. The lowest BCUT2D eigenvalue weighted by Crippen LogP contribution is -2.38. The second-order valence-corrected chi connectivity index (χ2v) is 5.04. The highest BCUT2D eigenvalue weighted by atomic mass is 19.4. The third-order valence-corrected chi connectivity index (χ3v) is 3.23. The molecule has 0 aliphatic heterocycles. The van der Waals surface area contributed by atoms with Crippen molar-refractivity contribution in [2.45, 2.75) is 19.5 Å². The summed E-state index contributed by atoms with van der Waals surface area (Å²) in [6.45, 7) is -1.00. The summed E-state index contributed by atoms with van der Waals surface area (Å²) in [6.07, 6.45) is -4.89. The number of benzene rings is 1. The van der Waals surface area contributed by atoms with Gasteiger partial charge in [0.05, 0.1) is 13.2 Å². The van der Waals surface area contributed by atoms with Crippen molar-refractivity contribution in [2.75, 3.05) is 6.61 Å². The van der Waals surface area contributed by atoms with Gasteiger partial charge in [0.1, 0.15) is 11.4 Å². The Morgan fingerprint density at radius 2 is 1.96 bits per heavy atom. The van der Waals surface area contributed by atoms with Crippen LogP contribution in [-0.2, 0) is 13.1 Å². The maximum atomic E-state index is 12.4. The largest absolute Gasteiger partial charge is 0.573 e. The summed E-state index contributed by atoms with van der Waals surface area (Å²) in [5, 5.41) is 11.1. The Morgan fingerprint density at radius 3 is 2.58 bits per heavy atom. The molecular weight excluding hydrogens is 359 g/mol. The molecule has 3 N–H and O–H groups in total. The van der Waals surface area contributed by atoms with Crippen LogP contribution in [0.1, 0.15) is 16.1 Å². The summed E-state index contributed by atoms with van der Waals surface area (Å²) < 4.78 is 41.7. The topological polar surface area (TPSA) is 113 Å². The molecule has 8 nitrogen and oxygen atoms in total. The van der Waals surface area contributed by atoms with Gasteiger partial charge in [-0.2, -0.15) is 0 Å². The third-order valence-electron chi connectivity index (χ3n) is 3.23. The lowest BCUT2D eigenvalue weighted by Gasteiger charge is -2.13. The molecule has 1 amide bonds. The highest BCUT2D eigenvalue weighted by molar-refractivity contribution is 5.92.